The highest BCUT2D eigenvalue weighted by Crippen LogP contribution is 2.30. The summed E-state index contributed by atoms with van der Waals surface area (Å²) in [5.74, 6) is 1.07. The predicted octanol–water partition coefficient (Wildman–Crippen LogP) is 2.21. The van der Waals surface area contributed by atoms with Crippen molar-refractivity contribution in [1.82, 2.24) is 10.2 Å². The highest BCUT2D eigenvalue weighted by molar-refractivity contribution is 5.78. The summed E-state index contributed by atoms with van der Waals surface area (Å²) < 4.78 is 24.3. The number of hydrogen-bond acceptors (Lipinski definition) is 4. The zero-order chi connectivity index (χ0) is 17.6. The maximum atomic E-state index is 12.9. The predicted molar refractivity (Wildman–Crippen MR) is 92.1 cm³/mol. The number of carbonyl (C=O) groups excluding carboxylic acids is 1. The summed E-state index contributed by atoms with van der Waals surface area (Å²) >= 11 is 0. The minimum absolute atomic E-state index is 0.0907. The SMILES string of the molecule is CN(CC(=O)NCC1COc2ccccc2O1)Cc1ccc(F)cc1. The van der Waals surface area contributed by atoms with E-state index in [4.69, 9.17) is 9.47 Å². The van der Waals surface area contributed by atoms with Gasteiger partial charge in [0.05, 0.1) is 13.1 Å². The molecular weight excluding hydrogens is 323 g/mol. The van der Waals surface area contributed by atoms with Crippen molar-refractivity contribution in [3.05, 3.63) is 59.9 Å². The van der Waals surface area contributed by atoms with Crippen LogP contribution in [-0.2, 0) is 11.3 Å². The summed E-state index contributed by atoms with van der Waals surface area (Å²) in [4.78, 5) is 13.9. The van der Waals surface area contributed by atoms with Crippen LogP contribution in [0.1, 0.15) is 5.56 Å². The molecule has 1 aliphatic rings. The molecule has 0 saturated heterocycles. The lowest BCUT2D eigenvalue weighted by Crippen LogP contribution is -2.43. The first-order valence-electron chi connectivity index (χ1n) is 8.18. The Hall–Kier alpha value is -2.60. The van der Waals surface area contributed by atoms with Crippen LogP contribution >= 0.6 is 0 Å². The molecule has 0 fully saturated rings. The molecule has 0 aliphatic carbocycles. The minimum atomic E-state index is -0.263. The number of para-hydroxylation sites is 2. The lowest BCUT2D eigenvalue weighted by molar-refractivity contribution is -0.122. The van der Waals surface area contributed by atoms with Gasteiger partial charge in [-0.3, -0.25) is 9.69 Å². The average Bonchev–Trinajstić information content (AvgIpc) is 2.61. The minimum Gasteiger partial charge on any atom is -0.486 e. The number of ether oxygens (including phenoxy) is 2. The molecule has 1 heterocycles. The standard InChI is InChI=1S/C19H21FN2O3/c1-22(11-14-6-8-15(20)9-7-14)12-19(23)21-10-16-13-24-17-4-2-3-5-18(17)25-16/h2-9,16H,10-13H2,1H3,(H,21,23). The van der Waals surface area contributed by atoms with Gasteiger partial charge in [0.15, 0.2) is 11.5 Å². The Balaban J connectivity index is 1.41. The van der Waals surface area contributed by atoms with Gasteiger partial charge >= 0.3 is 0 Å². The van der Waals surface area contributed by atoms with Gasteiger partial charge in [-0.15, -0.1) is 0 Å². The second-order valence-electron chi connectivity index (χ2n) is 6.10. The summed E-state index contributed by atoms with van der Waals surface area (Å²) in [6, 6.07) is 13.7. The van der Waals surface area contributed by atoms with Crippen molar-refractivity contribution in [3.8, 4) is 11.5 Å². The second-order valence-corrected chi connectivity index (χ2v) is 6.10. The fourth-order valence-corrected chi connectivity index (χ4v) is 2.65. The Morgan fingerprint density at radius 1 is 1.20 bits per heavy atom. The van der Waals surface area contributed by atoms with Crippen LogP contribution in [0.4, 0.5) is 4.39 Å². The Bertz CT molecular complexity index is 721. The Morgan fingerprint density at radius 3 is 2.68 bits per heavy atom. The van der Waals surface area contributed by atoms with E-state index >= 15 is 0 Å². The Kier molecular flexibility index (Phi) is 5.50. The van der Waals surface area contributed by atoms with E-state index < -0.39 is 0 Å². The van der Waals surface area contributed by atoms with Crippen LogP contribution in [0, 0.1) is 5.82 Å². The van der Waals surface area contributed by atoms with E-state index in [1.54, 1.807) is 12.1 Å². The van der Waals surface area contributed by atoms with Gasteiger partial charge in [-0.1, -0.05) is 24.3 Å². The van der Waals surface area contributed by atoms with Crippen LogP contribution in [0.5, 0.6) is 11.5 Å². The van der Waals surface area contributed by atoms with Crippen molar-refractivity contribution in [3.63, 3.8) is 0 Å². The fourth-order valence-electron chi connectivity index (χ4n) is 2.65. The van der Waals surface area contributed by atoms with E-state index in [9.17, 15) is 9.18 Å². The first-order valence-corrected chi connectivity index (χ1v) is 8.18. The summed E-state index contributed by atoms with van der Waals surface area (Å²) in [5, 5.41) is 2.86. The molecular formula is C19H21FN2O3. The first-order chi connectivity index (χ1) is 12.1. The number of halogens is 1. The summed E-state index contributed by atoms with van der Waals surface area (Å²) in [6.45, 7) is 1.62. The quantitative estimate of drug-likeness (QED) is 0.873. The third-order valence-corrected chi connectivity index (χ3v) is 3.87. The topological polar surface area (TPSA) is 50.8 Å². The van der Waals surface area contributed by atoms with Crippen molar-refractivity contribution in [2.45, 2.75) is 12.6 Å². The van der Waals surface area contributed by atoms with Gasteiger partial charge in [0, 0.05) is 6.54 Å². The van der Waals surface area contributed by atoms with Crippen molar-refractivity contribution < 1.29 is 18.7 Å². The molecule has 1 aliphatic heterocycles. The number of likely N-dealkylation sites (N-methyl/N-ethyl adjacent to an activating group) is 1. The Morgan fingerprint density at radius 2 is 1.92 bits per heavy atom. The molecule has 0 aromatic heterocycles. The smallest absolute Gasteiger partial charge is 0.234 e. The number of hydrogen-bond donors (Lipinski definition) is 1. The summed E-state index contributed by atoms with van der Waals surface area (Å²) in [5.41, 5.74) is 0.956. The second kappa shape index (κ2) is 7.98. The van der Waals surface area contributed by atoms with Gasteiger partial charge in [-0.2, -0.15) is 0 Å². The molecule has 6 heteroatoms. The van der Waals surface area contributed by atoms with Crippen LogP contribution in [0.2, 0.25) is 0 Å². The van der Waals surface area contributed by atoms with E-state index in [2.05, 4.69) is 5.32 Å². The molecule has 1 amide bonds. The molecule has 0 radical (unpaired) electrons. The van der Waals surface area contributed by atoms with E-state index in [1.807, 2.05) is 36.2 Å². The number of nitrogens with one attached hydrogen (secondary N) is 1. The van der Waals surface area contributed by atoms with E-state index in [1.165, 1.54) is 12.1 Å². The Labute approximate surface area is 146 Å². The van der Waals surface area contributed by atoms with E-state index in [0.29, 0.717) is 25.4 Å². The first kappa shape index (κ1) is 17.2. The fraction of sp³-hybridized carbons (Fsp3) is 0.316. The molecule has 132 valence electrons. The van der Waals surface area contributed by atoms with Gasteiger partial charge in [0.1, 0.15) is 18.5 Å². The molecule has 1 unspecified atom stereocenters. The van der Waals surface area contributed by atoms with Gasteiger partial charge in [-0.25, -0.2) is 4.39 Å². The average molecular weight is 344 g/mol. The molecule has 2 aromatic carbocycles. The highest BCUT2D eigenvalue weighted by atomic mass is 19.1. The highest BCUT2D eigenvalue weighted by Gasteiger charge is 2.21. The van der Waals surface area contributed by atoms with Crippen molar-refractivity contribution in [1.29, 1.82) is 0 Å². The third kappa shape index (κ3) is 4.93. The maximum Gasteiger partial charge on any atom is 0.234 e. The third-order valence-electron chi connectivity index (χ3n) is 3.87. The molecule has 25 heavy (non-hydrogen) atoms. The lowest BCUT2D eigenvalue weighted by Gasteiger charge is -2.26. The number of carbonyl (C=O) groups is 1. The molecule has 2 aromatic rings. The maximum absolute atomic E-state index is 12.9. The van der Waals surface area contributed by atoms with E-state index in [-0.39, 0.29) is 24.4 Å². The van der Waals surface area contributed by atoms with Crippen LogP contribution < -0.4 is 14.8 Å². The molecule has 1 N–H and O–H groups in total. The molecule has 1 atom stereocenters. The van der Waals surface area contributed by atoms with Crippen LogP contribution in [0.15, 0.2) is 48.5 Å². The number of fused-ring (bicyclic) bond motifs is 1. The normalized spacial score (nSPS) is 15.9. The molecule has 0 bridgehead atoms. The van der Waals surface area contributed by atoms with Gasteiger partial charge in [0.2, 0.25) is 5.91 Å². The lowest BCUT2D eigenvalue weighted by atomic mass is 10.2. The molecule has 0 saturated carbocycles. The van der Waals surface area contributed by atoms with Crippen LogP contribution in [-0.4, -0.2) is 43.7 Å². The zero-order valence-electron chi connectivity index (χ0n) is 14.1. The van der Waals surface area contributed by atoms with Crippen LogP contribution in [0.25, 0.3) is 0 Å². The van der Waals surface area contributed by atoms with Crippen molar-refractivity contribution in [2.24, 2.45) is 0 Å². The number of nitrogens with zero attached hydrogens (tertiary/aromatic N) is 1. The number of amides is 1. The van der Waals surface area contributed by atoms with Crippen molar-refractivity contribution in [2.75, 3.05) is 26.7 Å². The van der Waals surface area contributed by atoms with Gasteiger partial charge < -0.3 is 14.8 Å². The number of benzene rings is 2. The van der Waals surface area contributed by atoms with Crippen molar-refractivity contribution >= 4 is 5.91 Å². The summed E-state index contributed by atoms with van der Waals surface area (Å²) in [6.07, 6.45) is -0.207. The van der Waals surface area contributed by atoms with Crippen LogP contribution in [0.3, 0.4) is 0 Å². The molecule has 0 spiro atoms. The largest absolute Gasteiger partial charge is 0.486 e. The molecule has 3 rings (SSSR count). The monoisotopic (exact) mass is 344 g/mol. The van der Waals surface area contributed by atoms with E-state index in [0.717, 1.165) is 11.3 Å². The number of rotatable bonds is 6. The summed E-state index contributed by atoms with van der Waals surface area (Å²) in [7, 11) is 1.85. The zero-order valence-corrected chi connectivity index (χ0v) is 14.1. The van der Waals surface area contributed by atoms with Gasteiger partial charge in [0.25, 0.3) is 0 Å². The molecule has 5 nitrogen and oxygen atoms in total. The van der Waals surface area contributed by atoms with Gasteiger partial charge in [-0.05, 0) is 36.9 Å².